The van der Waals surface area contributed by atoms with Crippen LogP contribution in [0, 0.1) is 5.92 Å². The standard InChI is InChI=1S/C28H30N2O5S/c1-4-14-34-21-10-8-19(9-11-21)25(31)23-24(30(27(33)26(23)32)28-29-13-16-36-28)20-6-5-7-22(17-20)35-15-12-18(2)3/h5-11,13,16-18,24,31H,4,12,14-15H2,1-3H3/b25-23+. The van der Waals surface area contributed by atoms with Gasteiger partial charge in [0.25, 0.3) is 5.78 Å². The number of aromatic nitrogens is 1. The minimum atomic E-state index is -0.846. The van der Waals surface area contributed by atoms with E-state index in [1.165, 1.54) is 16.2 Å². The van der Waals surface area contributed by atoms with Gasteiger partial charge in [-0.3, -0.25) is 14.5 Å². The molecule has 0 aliphatic carbocycles. The molecule has 0 bridgehead atoms. The number of ether oxygens (including phenoxy) is 2. The lowest BCUT2D eigenvalue weighted by Crippen LogP contribution is -2.29. The van der Waals surface area contributed by atoms with Crippen LogP contribution >= 0.6 is 11.3 Å². The Labute approximate surface area is 215 Å². The molecule has 188 valence electrons. The average molecular weight is 507 g/mol. The number of aliphatic hydroxyl groups excluding tert-OH is 1. The Bertz CT molecular complexity index is 1240. The molecular formula is C28H30N2O5S. The number of thiazole rings is 1. The molecule has 1 amide bonds. The first kappa shape index (κ1) is 25.4. The van der Waals surface area contributed by atoms with Crippen molar-refractivity contribution in [3.63, 3.8) is 0 Å². The smallest absolute Gasteiger partial charge is 0.301 e. The van der Waals surface area contributed by atoms with Crippen molar-refractivity contribution in [2.75, 3.05) is 18.1 Å². The quantitative estimate of drug-likeness (QED) is 0.207. The fourth-order valence-electron chi connectivity index (χ4n) is 3.95. The van der Waals surface area contributed by atoms with E-state index in [-0.39, 0.29) is 11.3 Å². The fraction of sp³-hybridized carbons (Fsp3) is 0.321. The van der Waals surface area contributed by atoms with E-state index < -0.39 is 17.7 Å². The number of amides is 1. The third-order valence-electron chi connectivity index (χ3n) is 5.81. The maximum Gasteiger partial charge on any atom is 0.301 e. The van der Waals surface area contributed by atoms with Crippen LogP contribution in [0.3, 0.4) is 0 Å². The Kier molecular flexibility index (Phi) is 8.05. The second kappa shape index (κ2) is 11.4. The third-order valence-corrected chi connectivity index (χ3v) is 6.58. The molecule has 1 aliphatic heterocycles. The maximum atomic E-state index is 13.3. The number of carbonyl (C=O) groups excluding carboxylic acids is 2. The molecule has 1 N–H and O–H groups in total. The maximum absolute atomic E-state index is 13.3. The number of anilines is 1. The zero-order valence-corrected chi connectivity index (χ0v) is 21.5. The first-order chi connectivity index (χ1) is 17.4. The normalized spacial score (nSPS) is 17.1. The van der Waals surface area contributed by atoms with Gasteiger partial charge in [-0.05, 0) is 60.7 Å². The minimum Gasteiger partial charge on any atom is -0.507 e. The van der Waals surface area contributed by atoms with Crippen LogP contribution in [0.25, 0.3) is 5.76 Å². The van der Waals surface area contributed by atoms with Crippen LogP contribution in [0.4, 0.5) is 5.13 Å². The van der Waals surface area contributed by atoms with Gasteiger partial charge in [-0.15, -0.1) is 11.3 Å². The van der Waals surface area contributed by atoms with Gasteiger partial charge in [-0.25, -0.2) is 4.98 Å². The summed E-state index contributed by atoms with van der Waals surface area (Å²) < 4.78 is 11.6. The summed E-state index contributed by atoms with van der Waals surface area (Å²) in [6.07, 6.45) is 3.36. The minimum absolute atomic E-state index is 0.0109. The molecule has 1 saturated heterocycles. The molecule has 0 spiro atoms. The molecule has 1 aliphatic rings. The van der Waals surface area contributed by atoms with Gasteiger partial charge in [0.15, 0.2) is 5.13 Å². The fourth-order valence-corrected chi connectivity index (χ4v) is 4.62. The molecule has 7 nitrogen and oxygen atoms in total. The van der Waals surface area contributed by atoms with Crippen LogP contribution in [0.15, 0.2) is 65.7 Å². The molecular weight excluding hydrogens is 476 g/mol. The van der Waals surface area contributed by atoms with Crippen LogP contribution in [0.5, 0.6) is 11.5 Å². The van der Waals surface area contributed by atoms with Crippen molar-refractivity contribution in [1.82, 2.24) is 4.98 Å². The van der Waals surface area contributed by atoms with Gasteiger partial charge >= 0.3 is 5.91 Å². The highest BCUT2D eigenvalue weighted by atomic mass is 32.1. The van der Waals surface area contributed by atoms with Gasteiger partial charge < -0.3 is 14.6 Å². The summed E-state index contributed by atoms with van der Waals surface area (Å²) in [5.74, 6) is 0.0693. The molecule has 8 heteroatoms. The molecule has 3 aromatic rings. The van der Waals surface area contributed by atoms with Crippen molar-refractivity contribution >= 4 is 33.9 Å². The number of hydrogen-bond acceptors (Lipinski definition) is 7. The topological polar surface area (TPSA) is 89.0 Å². The molecule has 1 atom stereocenters. The lowest BCUT2D eigenvalue weighted by Gasteiger charge is -2.23. The van der Waals surface area contributed by atoms with Gasteiger partial charge in [0, 0.05) is 17.1 Å². The van der Waals surface area contributed by atoms with Crippen molar-refractivity contribution in [2.45, 2.75) is 39.7 Å². The molecule has 2 heterocycles. The number of rotatable bonds is 10. The molecule has 2 aromatic carbocycles. The van der Waals surface area contributed by atoms with Crippen LogP contribution < -0.4 is 14.4 Å². The summed E-state index contributed by atoms with van der Waals surface area (Å²) in [4.78, 5) is 32.1. The second-order valence-corrected chi connectivity index (χ2v) is 9.83. The van der Waals surface area contributed by atoms with Gasteiger partial charge in [0.1, 0.15) is 17.3 Å². The Balaban J connectivity index is 1.76. The number of aliphatic hydroxyl groups is 1. The first-order valence-corrected chi connectivity index (χ1v) is 12.9. The monoisotopic (exact) mass is 506 g/mol. The van der Waals surface area contributed by atoms with Crippen molar-refractivity contribution in [3.8, 4) is 11.5 Å². The zero-order valence-electron chi connectivity index (χ0n) is 20.6. The van der Waals surface area contributed by atoms with E-state index in [9.17, 15) is 14.7 Å². The van der Waals surface area contributed by atoms with Crippen LogP contribution in [0.1, 0.15) is 50.8 Å². The molecule has 0 radical (unpaired) electrons. The molecule has 4 rings (SSSR count). The van der Waals surface area contributed by atoms with E-state index in [1.807, 2.05) is 31.2 Å². The Morgan fingerprint density at radius 2 is 1.83 bits per heavy atom. The Morgan fingerprint density at radius 1 is 1.08 bits per heavy atom. The van der Waals surface area contributed by atoms with Gasteiger partial charge in [-0.2, -0.15) is 0 Å². The van der Waals surface area contributed by atoms with Crippen molar-refractivity contribution in [2.24, 2.45) is 5.92 Å². The summed E-state index contributed by atoms with van der Waals surface area (Å²) >= 11 is 1.25. The van der Waals surface area contributed by atoms with Crippen LogP contribution in [-0.4, -0.2) is 35.0 Å². The van der Waals surface area contributed by atoms with Crippen molar-refractivity contribution in [3.05, 3.63) is 76.8 Å². The third kappa shape index (κ3) is 5.44. The number of hydrogen-bond donors (Lipinski definition) is 1. The first-order valence-electron chi connectivity index (χ1n) is 12.1. The second-order valence-electron chi connectivity index (χ2n) is 8.96. The van der Waals surface area contributed by atoms with Gasteiger partial charge in [0.2, 0.25) is 0 Å². The largest absolute Gasteiger partial charge is 0.507 e. The molecule has 1 unspecified atom stereocenters. The predicted octanol–water partition coefficient (Wildman–Crippen LogP) is 5.98. The zero-order chi connectivity index (χ0) is 25.7. The lowest BCUT2D eigenvalue weighted by molar-refractivity contribution is -0.132. The van der Waals surface area contributed by atoms with Crippen LogP contribution in [0.2, 0.25) is 0 Å². The van der Waals surface area contributed by atoms with E-state index in [4.69, 9.17) is 9.47 Å². The number of benzene rings is 2. The summed E-state index contributed by atoms with van der Waals surface area (Å²) in [5, 5.41) is 13.4. The number of nitrogens with zero attached hydrogens (tertiary/aromatic N) is 2. The van der Waals surface area contributed by atoms with E-state index in [1.54, 1.807) is 35.8 Å². The highest BCUT2D eigenvalue weighted by molar-refractivity contribution is 7.14. The van der Waals surface area contributed by atoms with Crippen molar-refractivity contribution in [1.29, 1.82) is 0 Å². The van der Waals surface area contributed by atoms with Crippen molar-refractivity contribution < 1.29 is 24.2 Å². The van der Waals surface area contributed by atoms with Gasteiger partial charge in [0.05, 0.1) is 24.8 Å². The van der Waals surface area contributed by atoms with E-state index in [2.05, 4.69) is 18.8 Å². The number of ketones is 1. The number of carbonyl (C=O) groups is 2. The highest BCUT2D eigenvalue weighted by Crippen LogP contribution is 2.43. The van der Waals surface area contributed by atoms with E-state index in [0.717, 1.165) is 12.8 Å². The van der Waals surface area contributed by atoms with E-state index in [0.29, 0.717) is 46.9 Å². The Hall–Kier alpha value is -3.65. The highest BCUT2D eigenvalue weighted by Gasteiger charge is 2.48. The lowest BCUT2D eigenvalue weighted by atomic mass is 9.95. The predicted molar refractivity (Wildman–Crippen MR) is 141 cm³/mol. The summed E-state index contributed by atoms with van der Waals surface area (Å²) in [6, 6.07) is 13.3. The summed E-state index contributed by atoms with van der Waals surface area (Å²) in [5.41, 5.74) is 1.08. The molecule has 1 aromatic heterocycles. The molecule has 1 fully saturated rings. The van der Waals surface area contributed by atoms with E-state index >= 15 is 0 Å². The average Bonchev–Trinajstić information content (AvgIpc) is 3.49. The van der Waals surface area contributed by atoms with Gasteiger partial charge in [-0.1, -0.05) is 32.9 Å². The number of Topliss-reactive ketones (excluding diaryl/α,β-unsaturated/α-hetero) is 1. The van der Waals surface area contributed by atoms with Crippen LogP contribution in [-0.2, 0) is 9.59 Å². The molecule has 0 saturated carbocycles. The summed E-state index contributed by atoms with van der Waals surface area (Å²) in [7, 11) is 0. The summed E-state index contributed by atoms with van der Waals surface area (Å²) in [6.45, 7) is 7.42. The molecule has 36 heavy (non-hydrogen) atoms. The SMILES string of the molecule is CCCOc1ccc(/C(O)=C2\C(=O)C(=O)N(c3nccs3)C2c2cccc(OCCC(C)C)c2)cc1. The Morgan fingerprint density at radius 3 is 2.50 bits per heavy atom.